The Bertz CT molecular complexity index is 892. The first-order chi connectivity index (χ1) is 12.5. The largest absolute Gasteiger partial charge is 0.434 e. The topological polar surface area (TPSA) is 54.1 Å². The number of hydrogen-bond acceptors (Lipinski definition) is 2. The predicted octanol–water partition coefficient (Wildman–Crippen LogP) is 4.58. The van der Waals surface area contributed by atoms with E-state index in [9.17, 15) is 13.6 Å². The van der Waals surface area contributed by atoms with Gasteiger partial charge in [0.1, 0.15) is 5.75 Å². The fourth-order valence-electron chi connectivity index (χ4n) is 3.02. The smallest absolute Gasteiger partial charge is 0.387 e. The lowest BCUT2D eigenvalue weighted by atomic mass is 10.1. The van der Waals surface area contributed by atoms with Crippen molar-refractivity contribution in [3.8, 4) is 5.75 Å². The molecule has 1 aromatic heterocycles. The Morgan fingerprint density at radius 3 is 2.69 bits per heavy atom. The second-order valence-electron chi connectivity index (χ2n) is 6.07. The minimum Gasteiger partial charge on any atom is -0.434 e. The van der Waals surface area contributed by atoms with Crippen LogP contribution in [-0.4, -0.2) is 17.5 Å². The van der Waals surface area contributed by atoms with E-state index < -0.39 is 12.7 Å². The van der Waals surface area contributed by atoms with Crippen LogP contribution >= 0.6 is 0 Å². The lowest BCUT2D eigenvalue weighted by Crippen LogP contribution is -2.27. The monoisotopic (exact) mass is 358 g/mol. The Hall–Kier alpha value is -2.89. The normalized spacial score (nSPS) is 12.3. The van der Waals surface area contributed by atoms with Gasteiger partial charge in [-0.1, -0.05) is 36.4 Å². The Morgan fingerprint density at radius 1 is 1.15 bits per heavy atom. The van der Waals surface area contributed by atoms with Crippen molar-refractivity contribution in [2.75, 3.05) is 0 Å². The number of fused-ring (bicyclic) bond motifs is 1. The first-order valence-electron chi connectivity index (χ1n) is 8.42. The Kier molecular flexibility index (Phi) is 5.51. The number of aromatic amines is 1. The molecule has 1 heterocycles. The Balaban J connectivity index is 1.61. The van der Waals surface area contributed by atoms with Crippen molar-refractivity contribution in [1.29, 1.82) is 0 Å². The van der Waals surface area contributed by atoms with E-state index in [0.717, 1.165) is 16.5 Å². The maximum Gasteiger partial charge on any atom is 0.387 e. The Labute approximate surface area is 150 Å². The second kappa shape index (κ2) is 7.99. The Morgan fingerprint density at radius 2 is 1.88 bits per heavy atom. The number of rotatable bonds is 7. The van der Waals surface area contributed by atoms with Crippen molar-refractivity contribution >= 4 is 16.8 Å². The molecular formula is C20H20F2N2O2. The van der Waals surface area contributed by atoms with Crippen LogP contribution in [0.4, 0.5) is 8.78 Å². The summed E-state index contributed by atoms with van der Waals surface area (Å²) in [4.78, 5) is 15.5. The van der Waals surface area contributed by atoms with Crippen molar-refractivity contribution in [1.82, 2.24) is 10.3 Å². The number of amides is 1. The number of ether oxygens (including phenoxy) is 1. The number of benzene rings is 2. The molecule has 1 amide bonds. The van der Waals surface area contributed by atoms with Crippen molar-refractivity contribution in [3.63, 3.8) is 0 Å². The van der Waals surface area contributed by atoms with Gasteiger partial charge >= 0.3 is 6.61 Å². The van der Waals surface area contributed by atoms with Gasteiger partial charge < -0.3 is 15.0 Å². The first-order valence-corrected chi connectivity index (χ1v) is 8.42. The first kappa shape index (κ1) is 17.9. The molecule has 0 saturated carbocycles. The summed E-state index contributed by atoms with van der Waals surface area (Å²) in [6.07, 6.45) is 2.81. The van der Waals surface area contributed by atoms with Gasteiger partial charge in [0.2, 0.25) is 5.91 Å². The van der Waals surface area contributed by atoms with E-state index in [4.69, 9.17) is 0 Å². The van der Waals surface area contributed by atoms with Crippen molar-refractivity contribution in [2.24, 2.45) is 0 Å². The number of aromatic nitrogens is 1. The summed E-state index contributed by atoms with van der Waals surface area (Å²) in [6, 6.07) is 14.0. The molecule has 0 aliphatic carbocycles. The summed E-state index contributed by atoms with van der Waals surface area (Å²) in [7, 11) is 0. The van der Waals surface area contributed by atoms with Crippen LogP contribution < -0.4 is 10.1 Å². The minimum absolute atomic E-state index is 0.0759. The molecule has 0 spiro atoms. The third-order valence-electron chi connectivity index (χ3n) is 4.28. The molecule has 0 unspecified atom stereocenters. The molecule has 0 fully saturated rings. The molecule has 0 bridgehead atoms. The van der Waals surface area contributed by atoms with E-state index in [0.29, 0.717) is 18.4 Å². The standard InChI is InChI=1S/C20H20F2N2O2/c1-13(15-6-3-5-9-18(15)26-20(21)22)24-19(25)11-10-14-12-23-17-8-4-2-7-16(14)17/h2-9,12-13,20,23H,10-11H2,1H3,(H,24,25)/t13-/m1/s1. The highest BCUT2D eigenvalue weighted by molar-refractivity contribution is 5.84. The number of nitrogens with one attached hydrogen (secondary N) is 2. The van der Waals surface area contributed by atoms with Crippen LogP contribution in [0, 0.1) is 0 Å². The number of H-pyrrole nitrogens is 1. The van der Waals surface area contributed by atoms with Crippen molar-refractivity contribution in [2.45, 2.75) is 32.4 Å². The molecule has 0 saturated heterocycles. The molecule has 3 aromatic rings. The van der Waals surface area contributed by atoms with Gasteiger partial charge in [0, 0.05) is 29.1 Å². The van der Waals surface area contributed by atoms with Gasteiger partial charge in [-0.3, -0.25) is 4.79 Å². The van der Waals surface area contributed by atoms with Gasteiger partial charge in [-0.25, -0.2) is 0 Å². The minimum atomic E-state index is -2.90. The fraction of sp³-hybridized carbons (Fsp3) is 0.250. The van der Waals surface area contributed by atoms with Crippen LogP contribution in [0.15, 0.2) is 54.7 Å². The summed E-state index contributed by atoms with van der Waals surface area (Å²) in [5, 5.41) is 3.95. The summed E-state index contributed by atoms with van der Waals surface area (Å²) in [6.45, 7) is -1.15. The van der Waals surface area contributed by atoms with E-state index in [1.165, 1.54) is 6.07 Å². The van der Waals surface area contributed by atoms with Crippen LogP contribution in [0.5, 0.6) is 5.75 Å². The quantitative estimate of drug-likeness (QED) is 0.650. The second-order valence-corrected chi connectivity index (χ2v) is 6.07. The summed E-state index contributed by atoms with van der Waals surface area (Å²) in [5.74, 6) is -0.0680. The molecule has 3 rings (SSSR count). The lowest BCUT2D eigenvalue weighted by molar-refractivity contribution is -0.121. The molecule has 4 nitrogen and oxygen atoms in total. The third kappa shape index (κ3) is 4.20. The summed E-state index contributed by atoms with van der Waals surface area (Å²) < 4.78 is 29.6. The highest BCUT2D eigenvalue weighted by Crippen LogP contribution is 2.26. The predicted molar refractivity (Wildman–Crippen MR) is 96.3 cm³/mol. The van der Waals surface area contributed by atoms with Crippen LogP contribution in [0.2, 0.25) is 0 Å². The van der Waals surface area contributed by atoms with Crippen molar-refractivity contribution < 1.29 is 18.3 Å². The molecule has 2 N–H and O–H groups in total. The van der Waals surface area contributed by atoms with Crippen LogP contribution in [0.3, 0.4) is 0 Å². The summed E-state index contributed by atoms with van der Waals surface area (Å²) in [5.41, 5.74) is 2.63. The van der Waals surface area contributed by atoms with E-state index >= 15 is 0 Å². The van der Waals surface area contributed by atoms with Crippen LogP contribution in [0.25, 0.3) is 10.9 Å². The van der Waals surface area contributed by atoms with E-state index in [1.807, 2.05) is 30.5 Å². The molecule has 0 aliphatic rings. The molecule has 0 aliphatic heterocycles. The summed E-state index contributed by atoms with van der Waals surface area (Å²) >= 11 is 0. The van der Waals surface area contributed by atoms with E-state index in [1.54, 1.807) is 25.1 Å². The molecule has 6 heteroatoms. The van der Waals surface area contributed by atoms with Gasteiger partial charge in [0.25, 0.3) is 0 Å². The maximum absolute atomic E-state index is 12.5. The number of alkyl halides is 2. The van der Waals surface area contributed by atoms with Gasteiger partial charge in [0.15, 0.2) is 0 Å². The molecule has 26 heavy (non-hydrogen) atoms. The highest BCUT2D eigenvalue weighted by Gasteiger charge is 2.16. The van der Waals surface area contributed by atoms with Crippen LogP contribution in [0.1, 0.15) is 30.5 Å². The van der Waals surface area contributed by atoms with Gasteiger partial charge in [-0.2, -0.15) is 8.78 Å². The molecule has 2 aromatic carbocycles. The third-order valence-corrected chi connectivity index (χ3v) is 4.28. The zero-order valence-electron chi connectivity index (χ0n) is 14.3. The molecule has 1 atom stereocenters. The number of carbonyl (C=O) groups excluding carboxylic acids is 1. The number of para-hydroxylation sites is 2. The average Bonchev–Trinajstić information content (AvgIpc) is 3.03. The van der Waals surface area contributed by atoms with E-state index in [-0.39, 0.29) is 11.7 Å². The number of halogens is 2. The van der Waals surface area contributed by atoms with E-state index in [2.05, 4.69) is 15.0 Å². The highest BCUT2D eigenvalue weighted by atomic mass is 19.3. The SMILES string of the molecule is C[C@@H](NC(=O)CCc1c[nH]c2ccccc12)c1ccccc1OC(F)F. The number of aryl methyl sites for hydroxylation is 1. The molecule has 0 radical (unpaired) electrons. The van der Waals surface area contributed by atoms with Crippen LogP contribution in [-0.2, 0) is 11.2 Å². The molecular weight excluding hydrogens is 338 g/mol. The van der Waals surface area contributed by atoms with Gasteiger partial charge in [0.05, 0.1) is 6.04 Å². The lowest BCUT2D eigenvalue weighted by Gasteiger charge is -2.18. The molecule has 136 valence electrons. The zero-order chi connectivity index (χ0) is 18.5. The fourth-order valence-corrected chi connectivity index (χ4v) is 3.02. The van der Waals surface area contributed by atoms with Gasteiger partial charge in [-0.15, -0.1) is 0 Å². The maximum atomic E-state index is 12.5. The van der Waals surface area contributed by atoms with Crippen molar-refractivity contribution in [3.05, 3.63) is 65.9 Å². The van der Waals surface area contributed by atoms with Gasteiger partial charge in [-0.05, 0) is 31.0 Å². The number of hydrogen-bond donors (Lipinski definition) is 2. The zero-order valence-corrected chi connectivity index (χ0v) is 14.3. The average molecular weight is 358 g/mol. The number of carbonyl (C=O) groups is 1.